The van der Waals surface area contributed by atoms with Crippen molar-refractivity contribution in [1.82, 2.24) is 0 Å². The van der Waals surface area contributed by atoms with Gasteiger partial charge in [0.1, 0.15) is 5.75 Å². The van der Waals surface area contributed by atoms with E-state index >= 15 is 4.11 Å². The average Bonchev–Trinajstić information content (AvgIpc) is 3.43. The van der Waals surface area contributed by atoms with Crippen molar-refractivity contribution in [2.24, 2.45) is 5.92 Å². The van der Waals surface area contributed by atoms with Crippen molar-refractivity contribution in [3.63, 3.8) is 0 Å². The number of carbonyl (C=O) groups excluding carboxylic acids is 2. The maximum absolute atomic E-state index is 15.9. The molecule has 7 rings (SSSR count). The number of para-hydroxylation sites is 3. The lowest BCUT2D eigenvalue weighted by Crippen LogP contribution is -2.45. The van der Waals surface area contributed by atoms with Crippen LogP contribution >= 0.6 is 0 Å². The monoisotopic (exact) mass is 667 g/mol. The fourth-order valence-electron chi connectivity index (χ4n) is 7.74. The zero-order valence-electron chi connectivity index (χ0n) is 26.6. The van der Waals surface area contributed by atoms with Gasteiger partial charge >= 0.3 is 0 Å². The molecule has 246 valence electrons. The van der Waals surface area contributed by atoms with E-state index in [-0.39, 0.29) is 31.2 Å². The molecule has 10 nitrogen and oxygen atoms in total. The van der Waals surface area contributed by atoms with Gasteiger partial charge < -0.3 is 23.6 Å². The minimum atomic E-state index is -3.44. The maximum Gasteiger partial charge on any atom is 0.269 e. The molecule has 4 aromatic rings. The van der Waals surface area contributed by atoms with Crippen LogP contribution in [-0.4, -0.2) is 43.0 Å². The van der Waals surface area contributed by atoms with Crippen molar-refractivity contribution in [3.05, 3.63) is 118 Å². The van der Waals surface area contributed by atoms with Crippen LogP contribution in [-0.2, 0) is 21.7 Å². The van der Waals surface area contributed by atoms with Gasteiger partial charge in [0.2, 0.25) is 8.41 Å². The molecule has 2 amide bonds. The lowest BCUT2D eigenvalue weighted by atomic mass is 9.82. The number of ether oxygens (including phenoxy) is 2. The number of rotatable bonds is 7. The molecule has 3 heterocycles. The zero-order valence-corrected chi connectivity index (χ0v) is 27.6. The summed E-state index contributed by atoms with van der Waals surface area (Å²) in [7, 11) is -3.44. The van der Waals surface area contributed by atoms with Crippen molar-refractivity contribution in [3.8, 4) is 11.5 Å². The van der Waals surface area contributed by atoms with Gasteiger partial charge in [-0.2, -0.15) is 0 Å². The second-order valence-corrected chi connectivity index (χ2v) is 16.8. The molecule has 3 aliphatic rings. The molecule has 3 aliphatic heterocycles. The Balaban J connectivity index is 1.30. The molecule has 0 radical (unpaired) electrons. The van der Waals surface area contributed by atoms with Crippen molar-refractivity contribution >= 4 is 43.0 Å². The molecule has 1 fully saturated rings. The number of amides is 2. The number of nitro benzene ring substituents is 1. The van der Waals surface area contributed by atoms with Crippen LogP contribution < -0.4 is 14.5 Å². The molecule has 1 N–H and O–H groups in total. The highest BCUT2D eigenvalue weighted by molar-refractivity contribution is 6.72. The van der Waals surface area contributed by atoms with Gasteiger partial charge in [-0.25, -0.2) is 0 Å². The second kappa shape index (κ2) is 11.7. The summed E-state index contributed by atoms with van der Waals surface area (Å²) in [6, 6.07) is 25.8. The summed E-state index contributed by atoms with van der Waals surface area (Å²) in [4.78, 5) is 43.1. The van der Waals surface area contributed by atoms with Crippen molar-refractivity contribution in [2.45, 2.75) is 50.2 Å². The Morgan fingerprint density at radius 1 is 0.958 bits per heavy atom. The van der Waals surface area contributed by atoms with Crippen LogP contribution in [0.2, 0.25) is 18.6 Å². The van der Waals surface area contributed by atoms with Gasteiger partial charge in [0.15, 0.2) is 11.4 Å². The first-order valence-electron chi connectivity index (χ1n) is 15.8. The van der Waals surface area contributed by atoms with E-state index in [2.05, 4.69) is 0 Å². The van der Waals surface area contributed by atoms with Crippen LogP contribution in [0.15, 0.2) is 91.0 Å². The summed E-state index contributed by atoms with van der Waals surface area (Å²) in [5.74, 6) is -0.439. The predicted molar refractivity (Wildman–Crippen MR) is 180 cm³/mol. The summed E-state index contributed by atoms with van der Waals surface area (Å²) in [5.41, 5.74) is 0.419. The van der Waals surface area contributed by atoms with E-state index in [0.717, 1.165) is 0 Å². The molecule has 0 aromatic heterocycles. The van der Waals surface area contributed by atoms with Gasteiger partial charge in [-0.15, -0.1) is 0 Å². The molecule has 4 atom stereocenters. The first-order valence-corrected chi connectivity index (χ1v) is 18.8. The number of nitrogens with zero attached hydrogens (tertiary/aromatic N) is 3. The Hall–Kier alpha value is -4.91. The minimum absolute atomic E-state index is 0.0534. The first kappa shape index (κ1) is 31.7. The molecule has 12 heteroatoms. The normalized spacial score (nSPS) is 23.1. The van der Waals surface area contributed by atoms with Crippen LogP contribution in [0.1, 0.15) is 34.8 Å². The highest BCUT2D eigenvalue weighted by Gasteiger charge is 2.66. The molecule has 0 bridgehead atoms. The van der Waals surface area contributed by atoms with Gasteiger partial charge in [0.25, 0.3) is 17.5 Å². The highest BCUT2D eigenvalue weighted by atomic mass is 28.4. The van der Waals surface area contributed by atoms with Crippen LogP contribution in [0.3, 0.4) is 0 Å². The van der Waals surface area contributed by atoms with Crippen LogP contribution in [0, 0.1) is 16.0 Å². The highest BCUT2D eigenvalue weighted by Crippen LogP contribution is 2.60. The molecule has 0 unspecified atom stereocenters. The molecular formula is C36H34FN3O7Si. The lowest BCUT2D eigenvalue weighted by Gasteiger charge is -2.31. The van der Waals surface area contributed by atoms with Crippen molar-refractivity contribution in [1.29, 1.82) is 0 Å². The number of halogens is 1. The van der Waals surface area contributed by atoms with Crippen LogP contribution in [0.5, 0.6) is 11.5 Å². The third-order valence-electron chi connectivity index (χ3n) is 9.72. The third kappa shape index (κ3) is 4.90. The van der Waals surface area contributed by atoms with Gasteiger partial charge in [0.05, 0.1) is 34.5 Å². The third-order valence-corrected chi connectivity index (χ3v) is 12.2. The maximum atomic E-state index is 15.9. The number of hydrogen-bond donors (Lipinski definition) is 1. The topological polar surface area (TPSA) is 122 Å². The van der Waals surface area contributed by atoms with E-state index in [4.69, 9.17) is 9.47 Å². The number of aliphatic hydroxyl groups excluding tert-OH is 1. The predicted octanol–water partition coefficient (Wildman–Crippen LogP) is 7.38. The smallest absolute Gasteiger partial charge is 0.269 e. The Labute approximate surface area is 277 Å². The molecular weight excluding hydrogens is 633 g/mol. The molecule has 1 spiro atoms. The second-order valence-electron chi connectivity index (χ2n) is 13.0. The Bertz CT molecular complexity index is 1970. The standard InChI is InChI=1S/C36H34FN3O7Si/c1-22-33(48(2,3)37)32(17-18-41)47-36(22)27-20-25(40(44)45)15-16-28(27)38(35(36)43)21-23-9-8-10-24(19-23)39-29-12-5-7-14-31(29)46-30-13-6-4-11-26(30)34(39)42/h4-16,19-20,22,32-33,41H,17-18,21H2,1-3H3/t22-,32+,33-,36+/m0/s1. The Morgan fingerprint density at radius 2 is 1.69 bits per heavy atom. The number of aliphatic hydroxyl groups is 1. The van der Waals surface area contributed by atoms with E-state index in [1.165, 1.54) is 23.1 Å². The fourth-order valence-corrected chi connectivity index (χ4v) is 10.3. The van der Waals surface area contributed by atoms with Crippen molar-refractivity contribution < 1.29 is 33.2 Å². The molecule has 0 saturated carbocycles. The Morgan fingerprint density at radius 3 is 2.42 bits per heavy atom. The number of fused-ring (bicyclic) bond motifs is 4. The zero-order chi connectivity index (χ0) is 34.0. The van der Waals surface area contributed by atoms with E-state index < -0.39 is 42.4 Å². The summed E-state index contributed by atoms with van der Waals surface area (Å²) < 4.78 is 28.6. The molecule has 1 saturated heterocycles. The number of benzene rings is 4. The van der Waals surface area contributed by atoms with Crippen LogP contribution in [0.4, 0.5) is 26.9 Å². The number of carbonyl (C=O) groups is 2. The van der Waals surface area contributed by atoms with E-state index in [0.29, 0.717) is 45.3 Å². The van der Waals surface area contributed by atoms with E-state index in [9.17, 15) is 24.8 Å². The van der Waals surface area contributed by atoms with Gasteiger partial charge in [-0.05, 0) is 67.5 Å². The SMILES string of the molecule is C[C@H]1[C@H]([Si](C)(C)F)[C@@H](CCO)O[C@]12C(=O)N(Cc1cccc(N3C(=O)c4ccccc4Oc4ccccc43)c1)c1ccc([N+](=O)[O-])cc12. The number of anilines is 3. The number of nitro groups is 1. The summed E-state index contributed by atoms with van der Waals surface area (Å²) in [5, 5.41) is 21.7. The minimum Gasteiger partial charge on any atom is -0.454 e. The number of hydrogen-bond acceptors (Lipinski definition) is 7. The summed E-state index contributed by atoms with van der Waals surface area (Å²) in [6.07, 6.45) is -0.607. The Kier molecular flexibility index (Phi) is 7.69. The van der Waals surface area contributed by atoms with Gasteiger partial charge in [0, 0.05) is 41.4 Å². The summed E-state index contributed by atoms with van der Waals surface area (Å²) in [6.45, 7) is 4.68. The lowest BCUT2D eigenvalue weighted by molar-refractivity contribution is -0.385. The van der Waals surface area contributed by atoms with E-state index in [1.807, 2.05) is 24.3 Å². The van der Waals surface area contributed by atoms with E-state index in [1.54, 1.807) is 73.4 Å². The van der Waals surface area contributed by atoms with Crippen LogP contribution in [0.25, 0.3) is 0 Å². The summed E-state index contributed by atoms with van der Waals surface area (Å²) >= 11 is 0. The first-order chi connectivity index (χ1) is 23.0. The number of non-ortho nitro benzene ring substituents is 1. The van der Waals surface area contributed by atoms with Gasteiger partial charge in [-0.3, -0.25) is 24.6 Å². The quantitative estimate of drug-likeness (QED) is 0.0944. The van der Waals surface area contributed by atoms with Crippen molar-refractivity contribution in [2.75, 3.05) is 16.4 Å². The molecule has 48 heavy (non-hydrogen) atoms. The van der Waals surface area contributed by atoms with Gasteiger partial charge in [-0.1, -0.05) is 43.3 Å². The largest absolute Gasteiger partial charge is 0.454 e. The molecule has 4 aromatic carbocycles. The average molecular weight is 668 g/mol. The molecule has 0 aliphatic carbocycles. The fraction of sp³-hybridized carbons (Fsp3) is 0.278.